The zero-order valence-electron chi connectivity index (χ0n) is 12.6. The highest BCUT2D eigenvalue weighted by atomic mass is 32.1. The van der Waals surface area contributed by atoms with E-state index in [1.54, 1.807) is 0 Å². The normalized spacial score (nSPS) is 10.7. The summed E-state index contributed by atoms with van der Waals surface area (Å²) in [5.41, 5.74) is 1.38. The third kappa shape index (κ3) is 5.71. The number of unbranched alkanes of at least 4 members (excludes halogenated alkanes) is 1. The molecule has 0 aliphatic rings. The first-order valence-electron chi connectivity index (χ1n) is 7.46. The predicted molar refractivity (Wildman–Crippen MR) is 89.3 cm³/mol. The Balaban J connectivity index is 1.90. The van der Waals surface area contributed by atoms with Crippen molar-refractivity contribution < 1.29 is 0 Å². The average Bonchev–Trinajstić information content (AvgIpc) is 2.91. The third-order valence-electron chi connectivity index (χ3n) is 3.50. The first-order valence-corrected chi connectivity index (χ1v) is 8.28. The lowest BCUT2D eigenvalue weighted by molar-refractivity contribution is 0.268. The molecule has 3 heteroatoms. The van der Waals surface area contributed by atoms with Gasteiger partial charge in [0.1, 0.15) is 0 Å². The van der Waals surface area contributed by atoms with Crippen LogP contribution in [0.2, 0.25) is 0 Å². The van der Waals surface area contributed by atoms with Crippen molar-refractivity contribution in [2.24, 2.45) is 0 Å². The Bertz CT molecular complexity index is 568. The number of thiophene rings is 1. The molecule has 0 amide bonds. The molecule has 0 aliphatic carbocycles. The smallest absolute Gasteiger partial charge is 0.0622 e. The fourth-order valence-corrected chi connectivity index (χ4v) is 3.31. The van der Waals surface area contributed by atoms with Gasteiger partial charge in [-0.15, -0.1) is 11.3 Å². The summed E-state index contributed by atoms with van der Waals surface area (Å²) in [5, 5.41) is 8.71. The van der Waals surface area contributed by atoms with Crippen LogP contribution in [0.5, 0.6) is 0 Å². The van der Waals surface area contributed by atoms with Crippen molar-refractivity contribution in [3.8, 4) is 6.07 Å². The Hall–Kier alpha value is -1.63. The Kier molecular flexibility index (Phi) is 6.46. The van der Waals surface area contributed by atoms with Crippen LogP contribution in [-0.2, 0) is 13.0 Å². The van der Waals surface area contributed by atoms with E-state index in [1.165, 1.54) is 15.3 Å². The largest absolute Gasteiger partial charge is 0.298 e. The summed E-state index contributed by atoms with van der Waals surface area (Å²) in [5.74, 6) is 0. The minimum absolute atomic E-state index is 0.644. The lowest BCUT2D eigenvalue weighted by Crippen LogP contribution is -2.26. The number of hydrogen-bond donors (Lipinski definition) is 0. The summed E-state index contributed by atoms with van der Waals surface area (Å²) in [6.07, 6.45) is 2.67. The van der Waals surface area contributed by atoms with Gasteiger partial charge in [-0.25, -0.2) is 0 Å². The predicted octanol–water partition coefficient (Wildman–Crippen LogP) is 4.41. The van der Waals surface area contributed by atoms with Gasteiger partial charge in [-0.3, -0.25) is 4.90 Å². The van der Waals surface area contributed by atoms with Gasteiger partial charge in [0.05, 0.1) is 6.07 Å². The molecule has 0 aliphatic heterocycles. The molecule has 2 aromatic rings. The highest BCUT2D eigenvalue weighted by molar-refractivity contribution is 7.11. The molecule has 0 bridgehead atoms. The van der Waals surface area contributed by atoms with E-state index in [2.05, 4.69) is 60.4 Å². The van der Waals surface area contributed by atoms with Gasteiger partial charge in [0.15, 0.2) is 0 Å². The maximum atomic E-state index is 8.71. The van der Waals surface area contributed by atoms with Gasteiger partial charge in [0.2, 0.25) is 0 Å². The van der Waals surface area contributed by atoms with Gasteiger partial charge < -0.3 is 0 Å². The molecule has 21 heavy (non-hydrogen) atoms. The van der Waals surface area contributed by atoms with Crippen LogP contribution < -0.4 is 0 Å². The first kappa shape index (κ1) is 15.8. The summed E-state index contributed by atoms with van der Waals surface area (Å²) in [4.78, 5) is 5.25. The molecule has 2 nitrogen and oxygen atoms in total. The summed E-state index contributed by atoms with van der Waals surface area (Å²) < 4.78 is 0. The van der Waals surface area contributed by atoms with Crippen LogP contribution in [0.15, 0.2) is 42.5 Å². The second-order valence-electron chi connectivity index (χ2n) is 5.29. The number of hydrogen-bond acceptors (Lipinski definition) is 3. The van der Waals surface area contributed by atoms with Crippen molar-refractivity contribution >= 4 is 11.3 Å². The number of benzene rings is 1. The van der Waals surface area contributed by atoms with E-state index in [4.69, 9.17) is 5.26 Å². The zero-order chi connectivity index (χ0) is 14.9. The molecule has 2 rings (SSSR count). The van der Waals surface area contributed by atoms with Crippen LogP contribution in [0.4, 0.5) is 0 Å². The minimum atomic E-state index is 0.644. The molecule has 1 aromatic heterocycles. The van der Waals surface area contributed by atoms with E-state index in [1.807, 2.05) is 11.3 Å². The second-order valence-corrected chi connectivity index (χ2v) is 6.66. The SMILES string of the molecule is Cc1ccc(CN(CCCC#N)CCc2ccccc2)s1. The van der Waals surface area contributed by atoms with Crippen LogP contribution >= 0.6 is 11.3 Å². The molecule has 1 aromatic carbocycles. The molecule has 0 unspecified atom stereocenters. The summed E-state index contributed by atoms with van der Waals surface area (Å²) in [7, 11) is 0. The van der Waals surface area contributed by atoms with Crippen molar-refractivity contribution in [3.63, 3.8) is 0 Å². The maximum Gasteiger partial charge on any atom is 0.0622 e. The van der Waals surface area contributed by atoms with Gasteiger partial charge in [0, 0.05) is 29.3 Å². The van der Waals surface area contributed by atoms with E-state index in [0.717, 1.165) is 32.5 Å². The quantitative estimate of drug-likeness (QED) is 0.675. The fourth-order valence-electron chi connectivity index (χ4n) is 2.37. The molecule has 0 saturated heterocycles. The lowest BCUT2D eigenvalue weighted by Gasteiger charge is -2.21. The highest BCUT2D eigenvalue weighted by Gasteiger charge is 2.08. The Labute approximate surface area is 131 Å². The Morgan fingerprint density at radius 1 is 1.10 bits per heavy atom. The molecule has 110 valence electrons. The molecule has 0 N–H and O–H groups in total. The molecule has 1 heterocycles. The van der Waals surface area contributed by atoms with Gasteiger partial charge in [-0.2, -0.15) is 5.26 Å². The van der Waals surface area contributed by atoms with Gasteiger partial charge in [-0.1, -0.05) is 30.3 Å². The molecular weight excluding hydrogens is 276 g/mol. The summed E-state index contributed by atoms with van der Waals surface area (Å²) in [6, 6.07) is 17.3. The molecular formula is C18H22N2S. The monoisotopic (exact) mass is 298 g/mol. The molecule has 0 spiro atoms. The van der Waals surface area contributed by atoms with Crippen LogP contribution in [-0.4, -0.2) is 18.0 Å². The standard InChI is InChI=1S/C18H22N2S/c1-16-9-10-18(21-16)15-20(13-6-5-12-19)14-11-17-7-3-2-4-8-17/h2-4,7-10H,5-6,11,13-15H2,1H3. The molecule has 0 atom stereocenters. The van der Waals surface area contributed by atoms with Crippen molar-refractivity contribution in [1.29, 1.82) is 5.26 Å². The lowest BCUT2D eigenvalue weighted by atomic mass is 10.1. The molecule has 0 saturated carbocycles. The van der Waals surface area contributed by atoms with Crippen LogP contribution in [0.25, 0.3) is 0 Å². The number of nitriles is 1. The van der Waals surface area contributed by atoms with Crippen molar-refractivity contribution in [1.82, 2.24) is 4.90 Å². The third-order valence-corrected chi connectivity index (χ3v) is 4.48. The van der Waals surface area contributed by atoms with Gasteiger partial charge in [0.25, 0.3) is 0 Å². The van der Waals surface area contributed by atoms with E-state index < -0.39 is 0 Å². The van der Waals surface area contributed by atoms with Crippen LogP contribution in [0, 0.1) is 18.3 Å². The Morgan fingerprint density at radius 2 is 1.90 bits per heavy atom. The number of rotatable bonds is 8. The van der Waals surface area contributed by atoms with Crippen molar-refractivity contribution in [2.45, 2.75) is 32.7 Å². The van der Waals surface area contributed by atoms with Gasteiger partial charge >= 0.3 is 0 Å². The van der Waals surface area contributed by atoms with Crippen LogP contribution in [0.3, 0.4) is 0 Å². The highest BCUT2D eigenvalue weighted by Crippen LogP contribution is 2.17. The summed E-state index contributed by atoms with van der Waals surface area (Å²) in [6.45, 7) is 5.19. The minimum Gasteiger partial charge on any atom is -0.298 e. The number of nitrogens with zero attached hydrogens (tertiary/aromatic N) is 2. The van der Waals surface area contributed by atoms with Crippen LogP contribution in [0.1, 0.15) is 28.2 Å². The topological polar surface area (TPSA) is 27.0 Å². The zero-order valence-corrected chi connectivity index (χ0v) is 13.4. The Morgan fingerprint density at radius 3 is 2.57 bits per heavy atom. The number of aryl methyl sites for hydroxylation is 1. The fraction of sp³-hybridized carbons (Fsp3) is 0.389. The van der Waals surface area contributed by atoms with E-state index >= 15 is 0 Å². The van der Waals surface area contributed by atoms with E-state index in [0.29, 0.717) is 6.42 Å². The second kappa shape index (κ2) is 8.61. The van der Waals surface area contributed by atoms with E-state index in [9.17, 15) is 0 Å². The van der Waals surface area contributed by atoms with Crippen molar-refractivity contribution in [3.05, 3.63) is 57.8 Å². The average molecular weight is 298 g/mol. The molecule has 0 fully saturated rings. The van der Waals surface area contributed by atoms with Crippen molar-refractivity contribution in [2.75, 3.05) is 13.1 Å². The van der Waals surface area contributed by atoms with Gasteiger partial charge in [-0.05, 0) is 44.0 Å². The maximum absolute atomic E-state index is 8.71. The molecule has 0 radical (unpaired) electrons. The van der Waals surface area contributed by atoms with E-state index in [-0.39, 0.29) is 0 Å². The summed E-state index contributed by atoms with van der Waals surface area (Å²) >= 11 is 1.87. The first-order chi connectivity index (χ1) is 10.3.